The van der Waals surface area contributed by atoms with Crippen molar-refractivity contribution in [1.29, 1.82) is 0 Å². The van der Waals surface area contributed by atoms with Gasteiger partial charge < -0.3 is 19.9 Å². The molecule has 1 aromatic heterocycles. The van der Waals surface area contributed by atoms with Gasteiger partial charge in [0.05, 0.1) is 12.8 Å². The van der Waals surface area contributed by atoms with E-state index in [1.807, 2.05) is 0 Å². The molecule has 1 amide bonds. The van der Waals surface area contributed by atoms with Gasteiger partial charge in [0.15, 0.2) is 0 Å². The third kappa shape index (κ3) is 2.57. The molecule has 1 aliphatic rings. The molecule has 6 nitrogen and oxygen atoms in total. The van der Waals surface area contributed by atoms with Crippen molar-refractivity contribution in [3.8, 4) is 0 Å². The number of nitrogens with two attached hydrogens (primary N) is 1. The molecule has 1 aromatic rings. The van der Waals surface area contributed by atoms with Crippen LogP contribution in [0, 0.1) is 0 Å². The van der Waals surface area contributed by atoms with E-state index in [9.17, 15) is 9.59 Å². The zero-order chi connectivity index (χ0) is 14.0. The first-order valence-electron chi connectivity index (χ1n) is 6.35. The third-order valence-electron chi connectivity index (χ3n) is 3.48. The molecule has 0 saturated carbocycles. The van der Waals surface area contributed by atoms with Gasteiger partial charge in [0.25, 0.3) is 5.91 Å². The number of carbonyl (C=O) groups is 2. The van der Waals surface area contributed by atoms with Gasteiger partial charge in [-0.2, -0.15) is 0 Å². The smallest absolute Gasteiger partial charge is 0.328 e. The number of hydrogen-bond donors (Lipinski definition) is 1. The quantitative estimate of drug-likeness (QED) is 0.801. The van der Waals surface area contributed by atoms with Crippen LogP contribution in [0.25, 0.3) is 0 Å². The standard InChI is InChI=1S/C13H19N3O3/c1-15-8-9(14)7-11(15)12(17)16-6-4-3-5-10(16)13(18)19-2/h7-8,10H,3-6,14H2,1-2H3. The molecule has 104 valence electrons. The summed E-state index contributed by atoms with van der Waals surface area (Å²) in [5.74, 6) is -0.524. The number of rotatable bonds is 2. The maximum atomic E-state index is 12.5. The lowest BCUT2D eigenvalue weighted by atomic mass is 10.0. The number of amides is 1. The summed E-state index contributed by atoms with van der Waals surface area (Å²) in [5.41, 5.74) is 6.72. The lowest BCUT2D eigenvalue weighted by Crippen LogP contribution is -2.48. The third-order valence-corrected chi connectivity index (χ3v) is 3.48. The van der Waals surface area contributed by atoms with E-state index in [1.54, 1.807) is 28.8 Å². The molecule has 0 aliphatic carbocycles. The summed E-state index contributed by atoms with van der Waals surface area (Å²) < 4.78 is 6.46. The average molecular weight is 265 g/mol. The van der Waals surface area contributed by atoms with Gasteiger partial charge in [0.1, 0.15) is 11.7 Å². The van der Waals surface area contributed by atoms with Crippen molar-refractivity contribution in [1.82, 2.24) is 9.47 Å². The molecule has 2 N–H and O–H groups in total. The number of aromatic nitrogens is 1. The fraction of sp³-hybridized carbons (Fsp3) is 0.538. The summed E-state index contributed by atoms with van der Waals surface area (Å²) in [4.78, 5) is 25.8. The number of nitrogen functional groups attached to an aromatic ring is 1. The maximum absolute atomic E-state index is 12.5. The molecule has 6 heteroatoms. The minimum absolute atomic E-state index is 0.172. The van der Waals surface area contributed by atoms with Crippen molar-refractivity contribution in [3.63, 3.8) is 0 Å². The van der Waals surface area contributed by atoms with E-state index in [1.165, 1.54) is 7.11 Å². The molecule has 0 bridgehead atoms. The first-order chi connectivity index (χ1) is 9.04. The fourth-order valence-corrected chi connectivity index (χ4v) is 2.51. The summed E-state index contributed by atoms with van der Waals surface area (Å²) in [7, 11) is 3.11. The molecular weight excluding hydrogens is 246 g/mol. The second-order valence-electron chi connectivity index (χ2n) is 4.80. The molecule has 0 radical (unpaired) electrons. The summed E-state index contributed by atoms with van der Waals surface area (Å²) in [5, 5.41) is 0. The van der Waals surface area contributed by atoms with Crippen LogP contribution in [0.1, 0.15) is 29.8 Å². The second-order valence-corrected chi connectivity index (χ2v) is 4.80. The minimum Gasteiger partial charge on any atom is -0.467 e. The van der Waals surface area contributed by atoms with Gasteiger partial charge in [-0.15, -0.1) is 0 Å². The Labute approximate surface area is 112 Å². The van der Waals surface area contributed by atoms with Crippen LogP contribution in [0.15, 0.2) is 12.3 Å². The Kier molecular flexibility index (Phi) is 3.78. The van der Waals surface area contributed by atoms with Crippen LogP contribution in [0.3, 0.4) is 0 Å². The number of esters is 1. The van der Waals surface area contributed by atoms with E-state index in [-0.39, 0.29) is 11.9 Å². The normalized spacial score (nSPS) is 19.3. The van der Waals surface area contributed by atoms with Gasteiger partial charge >= 0.3 is 5.97 Å². The van der Waals surface area contributed by atoms with Gasteiger partial charge in [-0.1, -0.05) is 0 Å². The number of ether oxygens (including phenoxy) is 1. The first-order valence-corrected chi connectivity index (χ1v) is 6.35. The topological polar surface area (TPSA) is 77.6 Å². The highest BCUT2D eigenvalue weighted by atomic mass is 16.5. The number of likely N-dealkylation sites (tertiary alicyclic amines) is 1. The summed E-state index contributed by atoms with van der Waals surface area (Å²) >= 11 is 0. The largest absolute Gasteiger partial charge is 0.467 e. The summed E-state index contributed by atoms with van der Waals surface area (Å²) in [6.45, 7) is 0.573. The highest BCUT2D eigenvalue weighted by molar-refractivity contribution is 5.96. The highest BCUT2D eigenvalue weighted by Gasteiger charge is 2.34. The zero-order valence-electron chi connectivity index (χ0n) is 11.3. The Morgan fingerprint density at radius 2 is 2.16 bits per heavy atom. The van der Waals surface area contributed by atoms with Crippen LogP contribution in [0.5, 0.6) is 0 Å². The Morgan fingerprint density at radius 3 is 2.74 bits per heavy atom. The van der Waals surface area contributed by atoms with Gasteiger partial charge in [-0.05, 0) is 25.3 Å². The molecule has 0 spiro atoms. The predicted molar refractivity (Wildman–Crippen MR) is 70.5 cm³/mol. The van der Waals surface area contributed by atoms with E-state index in [2.05, 4.69) is 0 Å². The monoisotopic (exact) mass is 265 g/mol. The molecule has 0 aromatic carbocycles. The Balaban J connectivity index is 2.25. The predicted octanol–water partition coefficient (Wildman–Crippen LogP) is 0.775. The lowest BCUT2D eigenvalue weighted by molar-refractivity contribution is -0.147. The SMILES string of the molecule is COC(=O)C1CCCCN1C(=O)c1cc(N)cn1C. The highest BCUT2D eigenvalue weighted by Crippen LogP contribution is 2.21. The Hall–Kier alpha value is -1.98. The fourth-order valence-electron chi connectivity index (χ4n) is 2.51. The van der Waals surface area contributed by atoms with Gasteiger partial charge in [-0.25, -0.2) is 4.79 Å². The average Bonchev–Trinajstić information content (AvgIpc) is 2.76. The van der Waals surface area contributed by atoms with E-state index in [0.717, 1.165) is 12.8 Å². The number of nitrogens with zero attached hydrogens (tertiary/aromatic N) is 2. The molecule has 19 heavy (non-hydrogen) atoms. The number of hydrogen-bond acceptors (Lipinski definition) is 4. The number of methoxy groups -OCH3 is 1. The van der Waals surface area contributed by atoms with Crippen LogP contribution in [0.2, 0.25) is 0 Å². The van der Waals surface area contributed by atoms with Gasteiger partial charge in [-0.3, -0.25) is 4.79 Å². The van der Waals surface area contributed by atoms with Crippen molar-refractivity contribution >= 4 is 17.6 Å². The number of piperidine rings is 1. The molecule has 2 heterocycles. The number of aryl methyl sites for hydroxylation is 1. The molecule has 2 rings (SSSR count). The molecule has 1 saturated heterocycles. The van der Waals surface area contributed by atoms with Crippen LogP contribution >= 0.6 is 0 Å². The molecule has 1 atom stereocenters. The summed E-state index contributed by atoms with van der Waals surface area (Å²) in [6.07, 6.45) is 4.17. The van der Waals surface area contributed by atoms with Gasteiger partial charge in [0, 0.05) is 19.8 Å². The van der Waals surface area contributed by atoms with Crippen molar-refractivity contribution in [3.05, 3.63) is 18.0 Å². The van der Waals surface area contributed by atoms with Crippen molar-refractivity contribution in [2.24, 2.45) is 7.05 Å². The summed E-state index contributed by atoms with van der Waals surface area (Å²) in [6, 6.07) is 1.15. The van der Waals surface area contributed by atoms with E-state index in [4.69, 9.17) is 10.5 Å². The van der Waals surface area contributed by atoms with Crippen LogP contribution in [-0.2, 0) is 16.6 Å². The number of carbonyl (C=O) groups excluding carboxylic acids is 2. The van der Waals surface area contributed by atoms with E-state index in [0.29, 0.717) is 24.3 Å². The maximum Gasteiger partial charge on any atom is 0.328 e. The van der Waals surface area contributed by atoms with E-state index < -0.39 is 6.04 Å². The van der Waals surface area contributed by atoms with Crippen molar-refractivity contribution in [2.45, 2.75) is 25.3 Å². The lowest BCUT2D eigenvalue weighted by Gasteiger charge is -2.33. The van der Waals surface area contributed by atoms with Crippen LogP contribution < -0.4 is 5.73 Å². The first kappa shape index (κ1) is 13.5. The molecular formula is C13H19N3O3. The van der Waals surface area contributed by atoms with Crippen molar-refractivity contribution in [2.75, 3.05) is 19.4 Å². The van der Waals surface area contributed by atoms with Crippen LogP contribution in [-0.4, -0.2) is 41.0 Å². The van der Waals surface area contributed by atoms with E-state index >= 15 is 0 Å². The van der Waals surface area contributed by atoms with Gasteiger partial charge in [0.2, 0.25) is 0 Å². The minimum atomic E-state index is -0.484. The molecule has 1 fully saturated rings. The molecule has 1 unspecified atom stereocenters. The Bertz CT molecular complexity index is 495. The van der Waals surface area contributed by atoms with Crippen LogP contribution in [0.4, 0.5) is 5.69 Å². The Morgan fingerprint density at radius 1 is 1.42 bits per heavy atom. The van der Waals surface area contributed by atoms with Crippen molar-refractivity contribution < 1.29 is 14.3 Å². The second kappa shape index (κ2) is 5.34. The molecule has 1 aliphatic heterocycles. The zero-order valence-corrected chi connectivity index (χ0v) is 11.3. The number of anilines is 1.